The van der Waals surface area contributed by atoms with Gasteiger partial charge in [-0.25, -0.2) is 19.0 Å². The molecule has 0 saturated carbocycles. The van der Waals surface area contributed by atoms with Crippen LogP contribution in [0.5, 0.6) is 5.88 Å². The summed E-state index contributed by atoms with van der Waals surface area (Å²) in [4.78, 5) is 31.5. The predicted octanol–water partition coefficient (Wildman–Crippen LogP) is 1.99. The SMILES string of the molecule is COc1ncccc1C(=O)N1CCC(c2nn(C)c(=O)n2-c2ccccc2)CC1. The second kappa shape index (κ2) is 7.90. The molecule has 0 bridgehead atoms. The molecule has 3 heterocycles. The van der Waals surface area contributed by atoms with Gasteiger partial charge in [0.15, 0.2) is 0 Å². The maximum atomic E-state index is 12.9. The van der Waals surface area contributed by atoms with Gasteiger partial charge in [-0.3, -0.25) is 4.79 Å². The van der Waals surface area contributed by atoms with Gasteiger partial charge in [-0.1, -0.05) is 18.2 Å². The quantitative estimate of drug-likeness (QED) is 0.677. The number of nitrogens with zero attached hydrogens (tertiary/aromatic N) is 5. The molecule has 0 unspecified atom stereocenters. The third-order valence-corrected chi connectivity index (χ3v) is 5.31. The number of aryl methyl sites for hydroxylation is 1. The average molecular weight is 393 g/mol. The van der Waals surface area contributed by atoms with E-state index in [-0.39, 0.29) is 17.5 Å². The summed E-state index contributed by atoms with van der Waals surface area (Å²) in [5.41, 5.74) is 1.11. The van der Waals surface area contributed by atoms with Gasteiger partial charge in [0.1, 0.15) is 11.4 Å². The fraction of sp³-hybridized carbons (Fsp3) is 0.333. The van der Waals surface area contributed by atoms with E-state index < -0.39 is 0 Å². The van der Waals surface area contributed by atoms with Gasteiger partial charge in [-0.15, -0.1) is 0 Å². The lowest BCUT2D eigenvalue weighted by Crippen LogP contribution is -2.38. The van der Waals surface area contributed by atoms with Crippen LogP contribution in [0.1, 0.15) is 34.9 Å². The van der Waals surface area contributed by atoms with Crippen molar-refractivity contribution < 1.29 is 9.53 Å². The zero-order valence-electron chi connectivity index (χ0n) is 16.5. The van der Waals surface area contributed by atoms with Crippen LogP contribution in [0.15, 0.2) is 53.5 Å². The van der Waals surface area contributed by atoms with Gasteiger partial charge in [0, 0.05) is 32.3 Å². The second-order valence-electron chi connectivity index (χ2n) is 7.06. The maximum absolute atomic E-state index is 12.9. The lowest BCUT2D eigenvalue weighted by molar-refractivity contribution is 0.0706. The van der Waals surface area contributed by atoms with E-state index >= 15 is 0 Å². The highest BCUT2D eigenvalue weighted by Crippen LogP contribution is 2.29. The van der Waals surface area contributed by atoms with Crippen LogP contribution >= 0.6 is 0 Å². The van der Waals surface area contributed by atoms with Crippen LogP contribution in [0.4, 0.5) is 0 Å². The van der Waals surface area contributed by atoms with E-state index in [1.807, 2.05) is 35.2 Å². The Kier molecular flexibility index (Phi) is 5.16. The fourth-order valence-electron chi connectivity index (χ4n) is 3.80. The summed E-state index contributed by atoms with van der Waals surface area (Å²) >= 11 is 0. The molecule has 0 N–H and O–H groups in total. The minimum absolute atomic E-state index is 0.0881. The molecule has 1 saturated heterocycles. The Morgan fingerprint density at radius 2 is 1.83 bits per heavy atom. The van der Waals surface area contributed by atoms with E-state index in [0.29, 0.717) is 24.5 Å². The van der Waals surface area contributed by atoms with Crippen LogP contribution in [0.2, 0.25) is 0 Å². The highest BCUT2D eigenvalue weighted by atomic mass is 16.5. The standard InChI is InChI=1S/C21H23N5O3/c1-24-21(28)26(16-7-4-3-5-8-16)18(23-24)15-10-13-25(14-11-15)20(27)17-9-6-12-22-19(17)29-2/h3-9,12,15H,10-11,13-14H2,1-2H3. The summed E-state index contributed by atoms with van der Waals surface area (Å²) < 4.78 is 8.27. The molecule has 150 valence electrons. The number of benzene rings is 1. The summed E-state index contributed by atoms with van der Waals surface area (Å²) in [5, 5.41) is 4.50. The Bertz CT molecular complexity index is 1070. The molecule has 1 aliphatic heterocycles. The Balaban J connectivity index is 1.55. The largest absolute Gasteiger partial charge is 0.480 e. The molecule has 0 spiro atoms. The van der Waals surface area contributed by atoms with Crippen molar-refractivity contribution >= 4 is 5.91 Å². The van der Waals surface area contributed by atoms with Crippen LogP contribution in [-0.2, 0) is 7.05 Å². The number of para-hydroxylation sites is 1. The molecule has 8 nitrogen and oxygen atoms in total. The number of piperidine rings is 1. The van der Waals surface area contributed by atoms with Crippen molar-refractivity contribution in [1.29, 1.82) is 0 Å². The second-order valence-corrected chi connectivity index (χ2v) is 7.06. The van der Waals surface area contributed by atoms with E-state index in [0.717, 1.165) is 24.4 Å². The first-order chi connectivity index (χ1) is 14.1. The van der Waals surface area contributed by atoms with Crippen molar-refractivity contribution in [2.75, 3.05) is 20.2 Å². The van der Waals surface area contributed by atoms with Gasteiger partial charge in [-0.05, 0) is 37.1 Å². The highest BCUT2D eigenvalue weighted by molar-refractivity contribution is 5.96. The van der Waals surface area contributed by atoms with Crippen LogP contribution in [0, 0.1) is 0 Å². The number of aromatic nitrogens is 4. The minimum atomic E-state index is -0.162. The average Bonchev–Trinajstić information content (AvgIpc) is 3.08. The molecule has 3 aromatic rings. The molecule has 0 radical (unpaired) electrons. The van der Waals surface area contributed by atoms with Crippen molar-refractivity contribution in [3.8, 4) is 11.6 Å². The van der Waals surface area contributed by atoms with Crippen molar-refractivity contribution in [2.45, 2.75) is 18.8 Å². The number of pyridine rings is 1. The molecule has 2 aromatic heterocycles. The maximum Gasteiger partial charge on any atom is 0.350 e. The van der Waals surface area contributed by atoms with E-state index in [1.54, 1.807) is 29.9 Å². The topological polar surface area (TPSA) is 82.2 Å². The summed E-state index contributed by atoms with van der Waals surface area (Å²) in [6, 6.07) is 13.0. The fourth-order valence-corrected chi connectivity index (χ4v) is 3.80. The van der Waals surface area contributed by atoms with E-state index in [2.05, 4.69) is 10.1 Å². The van der Waals surface area contributed by atoms with Gasteiger partial charge >= 0.3 is 5.69 Å². The van der Waals surface area contributed by atoms with Gasteiger partial charge in [-0.2, -0.15) is 5.10 Å². The summed E-state index contributed by atoms with van der Waals surface area (Å²) in [7, 11) is 3.17. The van der Waals surface area contributed by atoms with Crippen LogP contribution in [0.25, 0.3) is 5.69 Å². The molecule has 29 heavy (non-hydrogen) atoms. The molecule has 8 heteroatoms. The number of likely N-dealkylation sites (tertiary alicyclic amines) is 1. The monoisotopic (exact) mass is 393 g/mol. The van der Waals surface area contributed by atoms with Crippen LogP contribution in [0.3, 0.4) is 0 Å². The molecular weight excluding hydrogens is 370 g/mol. The lowest BCUT2D eigenvalue weighted by Gasteiger charge is -2.31. The summed E-state index contributed by atoms with van der Waals surface area (Å²) in [6.07, 6.45) is 3.07. The number of ether oxygens (including phenoxy) is 1. The first-order valence-electron chi connectivity index (χ1n) is 9.59. The third kappa shape index (κ3) is 3.53. The van der Waals surface area contributed by atoms with Gasteiger partial charge < -0.3 is 9.64 Å². The predicted molar refractivity (Wildman–Crippen MR) is 107 cm³/mol. The zero-order chi connectivity index (χ0) is 20.4. The molecule has 4 rings (SSSR count). The summed E-state index contributed by atoms with van der Waals surface area (Å²) in [6.45, 7) is 1.17. The number of hydrogen-bond acceptors (Lipinski definition) is 5. The molecule has 1 amide bonds. The first kappa shape index (κ1) is 18.9. The number of rotatable bonds is 4. The van der Waals surface area contributed by atoms with Crippen molar-refractivity contribution in [2.24, 2.45) is 7.05 Å². The van der Waals surface area contributed by atoms with E-state index in [9.17, 15) is 9.59 Å². The smallest absolute Gasteiger partial charge is 0.350 e. The van der Waals surface area contributed by atoms with Crippen LogP contribution in [-0.4, -0.2) is 50.3 Å². The number of methoxy groups -OCH3 is 1. The molecule has 1 aliphatic rings. The number of carbonyl (C=O) groups excluding carboxylic acids is 1. The third-order valence-electron chi connectivity index (χ3n) is 5.31. The molecular formula is C21H23N5O3. The van der Waals surface area contributed by atoms with Gasteiger partial charge in [0.25, 0.3) is 5.91 Å². The van der Waals surface area contributed by atoms with Crippen LogP contribution < -0.4 is 10.4 Å². The normalized spacial score (nSPS) is 14.8. The molecule has 1 aromatic carbocycles. The van der Waals surface area contributed by atoms with Crippen molar-refractivity contribution in [3.05, 3.63) is 70.5 Å². The van der Waals surface area contributed by atoms with E-state index in [1.165, 1.54) is 11.8 Å². The number of hydrogen-bond donors (Lipinski definition) is 0. The Labute approximate surface area is 168 Å². The Hall–Kier alpha value is -3.42. The molecule has 1 fully saturated rings. The highest BCUT2D eigenvalue weighted by Gasteiger charge is 2.30. The summed E-state index contributed by atoms with van der Waals surface area (Å²) in [5.74, 6) is 1.09. The first-order valence-corrected chi connectivity index (χ1v) is 9.59. The Morgan fingerprint density at radius 3 is 2.52 bits per heavy atom. The zero-order valence-corrected chi connectivity index (χ0v) is 16.5. The minimum Gasteiger partial charge on any atom is -0.480 e. The van der Waals surface area contributed by atoms with Crippen molar-refractivity contribution in [1.82, 2.24) is 24.2 Å². The molecule has 0 atom stereocenters. The lowest BCUT2D eigenvalue weighted by atomic mass is 9.95. The van der Waals surface area contributed by atoms with E-state index in [4.69, 9.17) is 4.74 Å². The number of amides is 1. The Morgan fingerprint density at radius 1 is 1.10 bits per heavy atom. The molecule has 0 aliphatic carbocycles. The number of carbonyl (C=O) groups is 1. The van der Waals surface area contributed by atoms with Gasteiger partial charge in [0.2, 0.25) is 5.88 Å². The van der Waals surface area contributed by atoms with Crippen molar-refractivity contribution in [3.63, 3.8) is 0 Å². The van der Waals surface area contributed by atoms with Gasteiger partial charge in [0.05, 0.1) is 12.8 Å².